The van der Waals surface area contributed by atoms with Crippen molar-refractivity contribution >= 4 is 262 Å². The van der Waals surface area contributed by atoms with Gasteiger partial charge in [-0.25, -0.2) is 8.78 Å². The summed E-state index contributed by atoms with van der Waals surface area (Å²) in [6.45, 7) is 14.0. The lowest BCUT2D eigenvalue weighted by molar-refractivity contribution is -0.138. The first-order valence-corrected chi connectivity index (χ1v) is 48.8. The minimum atomic E-state index is -0.883. The van der Waals surface area contributed by atoms with Crippen molar-refractivity contribution in [2.75, 3.05) is 26.6 Å². The predicted molar refractivity (Wildman–Crippen MR) is 546 cm³/mol. The SMILES string of the molecule is CC(=O)Nc1cccc(COc2c(Br)cc(CCC(=O)O)cc2Br)c1.CC(=O)Nc1cccc(COc2c(Cl)cc(CCC(=O)O)cc2Cl)c1.CC(C)C(=O)Nc1cc(Cl)cc(COc2c(Br)cc(CCC(=O)O)cc2Br)c1F.CC(C)C(=O)Nc1cccc(COc2c(Br)cc(CCC(=O)O)cc2Br)c1Cl.CC(C)C(=O)Nc1cccc(COc2c(Br)cc(CCC(=O)O)cc2Br)c1F. The minimum absolute atomic E-state index is 0.00278. The van der Waals surface area contributed by atoms with E-state index < -0.39 is 41.5 Å². The van der Waals surface area contributed by atoms with Gasteiger partial charge >= 0.3 is 29.8 Å². The monoisotopic (exact) mass is 2440 g/mol. The summed E-state index contributed by atoms with van der Waals surface area (Å²) in [7, 11) is 0. The summed E-state index contributed by atoms with van der Waals surface area (Å²) in [4.78, 5) is 111. The van der Waals surface area contributed by atoms with Crippen LogP contribution >= 0.6 is 174 Å². The number of benzene rings is 10. The summed E-state index contributed by atoms with van der Waals surface area (Å²) in [6, 6.07) is 45.3. The Morgan fingerprint density at radius 1 is 0.311 bits per heavy atom. The van der Waals surface area contributed by atoms with Crippen LogP contribution in [-0.4, -0.2) is 84.9 Å². The van der Waals surface area contributed by atoms with E-state index >= 15 is 0 Å². The van der Waals surface area contributed by atoms with Crippen LogP contribution < -0.4 is 50.3 Å². The van der Waals surface area contributed by atoms with Crippen LogP contribution in [-0.2, 0) is 113 Å². The quantitative estimate of drug-likeness (QED) is 0.0172. The molecule has 0 aliphatic carbocycles. The molecule has 135 heavy (non-hydrogen) atoms. The molecule has 720 valence electrons. The lowest BCUT2D eigenvalue weighted by Gasteiger charge is -2.15. The number of hydrogen-bond donors (Lipinski definition) is 10. The molecule has 0 unspecified atom stereocenters. The second kappa shape index (κ2) is 57.2. The molecule has 10 N–H and O–H groups in total. The van der Waals surface area contributed by atoms with Crippen LogP contribution in [0.2, 0.25) is 20.1 Å². The van der Waals surface area contributed by atoms with E-state index in [0.29, 0.717) is 126 Å². The van der Waals surface area contributed by atoms with Crippen LogP contribution in [0.5, 0.6) is 28.7 Å². The molecule has 0 radical (unpaired) electrons. The van der Waals surface area contributed by atoms with Crippen LogP contribution in [0.1, 0.15) is 143 Å². The van der Waals surface area contributed by atoms with Gasteiger partial charge in [-0.05, 0) is 308 Å². The van der Waals surface area contributed by atoms with Gasteiger partial charge in [0.15, 0.2) is 17.4 Å². The molecular formula is C96H93Br8Cl4F2N5O20. The number of carbonyl (C=O) groups excluding carboxylic acids is 5. The smallest absolute Gasteiger partial charge is 0.303 e. The zero-order chi connectivity index (χ0) is 100. The number of halogens is 14. The Balaban J connectivity index is 0.000000260. The van der Waals surface area contributed by atoms with Crippen LogP contribution in [0.15, 0.2) is 194 Å². The molecule has 10 aromatic carbocycles. The molecule has 25 nitrogen and oxygen atoms in total. The van der Waals surface area contributed by atoms with Gasteiger partial charge in [0.05, 0.1) is 67.9 Å². The highest BCUT2D eigenvalue weighted by Gasteiger charge is 2.23. The molecule has 10 aromatic rings. The van der Waals surface area contributed by atoms with Gasteiger partial charge in [-0.1, -0.05) is 136 Å². The third-order valence-electron chi connectivity index (χ3n) is 18.4. The first-order chi connectivity index (χ1) is 63.6. The summed E-state index contributed by atoms with van der Waals surface area (Å²) in [6.07, 6.45) is 2.15. The van der Waals surface area contributed by atoms with Crippen molar-refractivity contribution in [2.24, 2.45) is 17.8 Å². The highest BCUT2D eigenvalue weighted by Crippen LogP contribution is 2.42. The summed E-state index contributed by atoms with van der Waals surface area (Å²) >= 11 is 52.4. The molecule has 39 heteroatoms. The van der Waals surface area contributed by atoms with Gasteiger partial charge in [0, 0.05) is 96.8 Å². The number of ether oxygens (including phenoxy) is 5. The number of carbonyl (C=O) groups is 10. The molecule has 0 heterocycles. The number of hydrogen-bond acceptors (Lipinski definition) is 15. The van der Waals surface area contributed by atoms with Gasteiger partial charge in [0.25, 0.3) is 0 Å². The van der Waals surface area contributed by atoms with Crippen molar-refractivity contribution in [1.82, 2.24) is 0 Å². The van der Waals surface area contributed by atoms with Crippen molar-refractivity contribution in [3.05, 3.63) is 281 Å². The molecule has 0 atom stereocenters. The fraction of sp³-hybridized carbons (Fsp3) is 0.271. The van der Waals surface area contributed by atoms with Gasteiger partial charge in [-0.3, -0.25) is 47.9 Å². The van der Waals surface area contributed by atoms with E-state index in [4.69, 9.17) is 95.6 Å². The average molecular weight is 2460 g/mol. The van der Waals surface area contributed by atoms with E-state index in [-0.39, 0.29) is 128 Å². The maximum Gasteiger partial charge on any atom is 0.303 e. The van der Waals surface area contributed by atoms with Gasteiger partial charge in [-0.2, -0.15) is 0 Å². The summed E-state index contributed by atoms with van der Waals surface area (Å²) in [5, 5.41) is 58.6. The Morgan fingerprint density at radius 2 is 0.585 bits per heavy atom. The standard InChI is InChI=1S/C20H19Br2ClFNO4.C20H20Br2ClNO4.C20H20Br2FNO4.C18H17Br2NO4.C18H17Cl2NO4/c1-10(2)20(28)25-16-8-13(23)7-12(18(16)24)9-29-19-14(21)5-11(6-15(19)22)3-4-17(26)27;2*1-11(2)20(27)24-16-5-3-4-13(18(16)23)10-28-19-14(21)8-12(9-15(19)22)6-7-17(25)26;2*1-11(22)21-14-4-2-3-13(7-14)10-25-18-15(19)8-12(9-16(18)20)5-6-17(23)24/h5-8,10H,3-4,9H2,1-2H3,(H,25,28)(H,26,27);2*3-5,8-9,11H,6-7,10H2,1-2H3,(H,24,27)(H,25,26);2*2-4,7-9H,5-6,10H2,1H3,(H,21,22)(H,23,24). The van der Waals surface area contributed by atoms with Crippen molar-refractivity contribution in [3.63, 3.8) is 0 Å². The Hall–Kier alpha value is -9.24. The highest BCUT2D eigenvalue weighted by atomic mass is 79.9. The van der Waals surface area contributed by atoms with Crippen LogP contribution in [0.4, 0.5) is 37.2 Å². The predicted octanol–water partition coefficient (Wildman–Crippen LogP) is 27.1. The number of amides is 5. The Labute approximate surface area is 865 Å². The molecule has 10 rings (SSSR count). The Bertz CT molecular complexity index is 5550. The van der Waals surface area contributed by atoms with Crippen LogP contribution in [0.3, 0.4) is 0 Å². The van der Waals surface area contributed by atoms with Gasteiger partial charge in [0.1, 0.15) is 56.0 Å². The minimum Gasteiger partial charge on any atom is -0.487 e. The largest absolute Gasteiger partial charge is 0.487 e. The molecule has 0 fully saturated rings. The van der Waals surface area contributed by atoms with Gasteiger partial charge in [0.2, 0.25) is 29.5 Å². The molecule has 0 saturated heterocycles. The summed E-state index contributed by atoms with van der Waals surface area (Å²) < 4.78 is 63.8. The molecule has 5 amide bonds. The highest BCUT2D eigenvalue weighted by molar-refractivity contribution is 9.12. The zero-order valence-electron chi connectivity index (χ0n) is 73.5. The number of nitrogens with one attached hydrogen (secondary N) is 5. The number of aliphatic carboxylic acids is 5. The first-order valence-electron chi connectivity index (χ1n) is 41.0. The molecule has 0 aromatic heterocycles. The van der Waals surface area contributed by atoms with Gasteiger partial charge in [-0.15, -0.1) is 0 Å². The number of aryl methyl sites for hydroxylation is 5. The van der Waals surface area contributed by atoms with E-state index in [2.05, 4.69) is 154 Å². The van der Waals surface area contributed by atoms with E-state index in [1.165, 1.54) is 32.0 Å². The van der Waals surface area contributed by atoms with Crippen molar-refractivity contribution in [1.29, 1.82) is 0 Å². The number of rotatable bonds is 38. The lowest BCUT2D eigenvalue weighted by atomic mass is 10.1. The normalized spacial score (nSPS) is 10.6. The second-order valence-corrected chi connectivity index (χ2v) is 39.0. The van der Waals surface area contributed by atoms with Crippen molar-refractivity contribution < 1.29 is 106 Å². The van der Waals surface area contributed by atoms with Crippen LogP contribution in [0, 0.1) is 29.4 Å². The van der Waals surface area contributed by atoms with Crippen molar-refractivity contribution in [3.8, 4) is 28.7 Å². The molecule has 0 bridgehead atoms. The third-order valence-corrected chi connectivity index (χ3v) is 24.4. The number of anilines is 5. The van der Waals surface area contributed by atoms with Crippen molar-refractivity contribution in [2.45, 2.75) is 153 Å². The fourth-order valence-corrected chi connectivity index (χ4v) is 18.8. The van der Waals surface area contributed by atoms with E-state index in [1.54, 1.807) is 100 Å². The maximum absolute atomic E-state index is 14.8. The molecule has 0 saturated carbocycles. The Kier molecular flexibility index (Phi) is 48.5. The van der Waals surface area contributed by atoms with Crippen LogP contribution in [0.25, 0.3) is 0 Å². The second-order valence-electron chi connectivity index (χ2n) is 30.5. The van der Waals surface area contributed by atoms with E-state index in [1.807, 2.05) is 80.6 Å². The summed E-state index contributed by atoms with van der Waals surface area (Å²) in [5.74, 6) is -4.64. The topological polar surface area (TPSA) is 378 Å². The van der Waals surface area contributed by atoms with E-state index in [9.17, 15) is 56.7 Å². The number of carboxylic acids is 5. The third kappa shape index (κ3) is 40.0. The maximum atomic E-state index is 14.8. The summed E-state index contributed by atoms with van der Waals surface area (Å²) in [5.41, 5.74) is 9.19. The average Bonchev–Trinajstić information content (AvgIpc) is 0.824. The van der Waals surface area contributed by atoms with E-state index in [0.717, 1.165) is 59.1 Å². The Morgan fingerprint density at radius 3 is 0.919 bits per heavy atom. The molecule has 0 aliphatic rings. The molecule has 0 aliphatic heterocycles. The first kappa shape index (κ1) is 114. The van der Waals surface area contributed by atoms with Gasteiger partial charge < -0.3 is 75.8 Å². The lowest BCUT2D eigenvalue weighted by Crippen LogP contribution is -2.19. The molecule has 0 spiro atoms. The zero-order valence-corrected chi connectivity index (χ0v) is 89.2. The fourth-order valence-electron chi connectivity index (χ4n) is 11.6. The number of carboxylic acid groups (broad SMARTS) is 5. The molecular weight excluding hydrogens is 2360 g/mol.